The van der Waals surface area contributed by atoms with Crippen LogP contribution in [0.1, 0.15) is 24.1 Å². The summed E-state index contributed by atoms with van der Waals surface area (Å²) in [6.45, 7) is 4.21. The first-order valence-electron chi connectivity index (χ1n) is 5.18. The van der Waals surface area contributed by atoms with E-state index < -0.39 is 0 Å². The summed E-state index contributed by atoms with van der Waals surface area (Å²) in [5, 5.41) is 5.39. The number of hydrogen-bond donors (Lipinski definition) is 2. The highest BCUT2D eigenvalue weighted by Crippen LogP contribution is 2.16. The van der Waals surface area contributed by atoms with E-state index in [0.717, 1.165) is 11.1 Å². The van der Waals surface area contributed by atoms with Crippen molar-refractivity contribution in [3.05, 3.63) is 35.4 Å². The molecule has 0 saturated heterocycles. The summed E-state index contributed by atoms with van der Waals surface area (Å²) in [6.07, 6.45) is 5.05. The lowest BCUT2D eigenvalue weighted by Gasteiger charge is -2.16. The minimum absolute atomic E-state index is 0.0287. The second kappa shape index (κ2) is 5.82. The summed E-state index contributed by atoms with van der Waals surface area (Å²) >= 11 is 0. The largest absolute Gasteiger partial charge is 0.332 e. The number of hydrogen-bond acceptors (Lipinski definition) is 1. The van der Waals surface area contributed by atoms with Gasteiger partial charge in [-0.05, 0) is 25.0 Å². The standard InChI is InChI=1S/C13H16N2O/c1-4-9-14-13(16)15-11(3)12-8-6-5-7-10(12)2/h1,5-8,11H,9H2,2-3H3,(H2,14,15,16)/t11-/m0/s1. The molecule has 0 aliphatic carbocycles. The van der Waals surface area contributed by atoms with Gasteiger partial charge in [-0.25, -0.2) is 4.79 Å². The number of amides is 2. The number of aryl methyl sites for hydroxylation is 1. The maximum Gasteiger partial charge on any atom is 0.316 e. The van der Waals surface area contributed by atoms with Crippen molar-refractivity contribution in [2.45, 2.75) is 19.9 Å². The third-order valence-corrected chi connectivity index (χ3v) is 2.35. The smallest absolute Gasteiger partial charge is 0.316 e. The first-order chi connectivity index (χ1) is 7.65. The highest BCUT2D eigenvalue weighted by molar-refractivity contribution is 5.74. The number of benzene rings is 1. The summed E-state index contributed by atoms with van der Waals surface area (Å²) in [6, 6.07) is 7.69. The van der Waals surface area contributed by atoms with E-state index >= 15 is 0 Å². The molecule has 16 heavy (non-hydrogen) atoms. The SMILES string of the molecule is C#CCNC(=O)N[C@@H](C)c1ccccc1C. The highest BCUT2D eigenvalue weighted by atomic mass is 16.2. The van der Waals surface area contributed by atoms with Gasteiger partial charge in [-0.3, -0.25) is 0 Å². The lowest BCUT2D eigenvalue weighted by molar-refractivity contribution is 0.239. The van der Waals surface area contributed by atoms with Crippen molar-refractivity contribution in [2.75, 3.05) is 6.54 Å². The molecule has 2 amide bonds. The molecule has 0 aliphatic heterocycles. The number of terminal acetylenes is 1. The summed E-state index contributed by atoms with van der Waals surface area (Å²) in [4.78, 5) is 11.4. The van der Waals surface area contributed by atoms with Crippen molar-refractivity contribution in [1.82, 2.24) is 10.6 Å². The van der Waals surface area contributed by atoms with E-state index in [-0.39, 0.29) is 18.6 Å². The monoisotopic (exact) mass is 216 g/mol. The molecule has 1 rings (SSSR count). The van der Waals surface area contributed by atoms with E-state index in [9.17, 15) is 4.79 Å². The Balaban J connectivity index is 2.59. The van der Waals surface area contributed by atoms with Crippen molar-refractivity contribution in [3.63, 3.8) is 0 Å². The van der Waals surface area contributed by atoms with Gasteiger partial charge in [0.1, 0.15) is 0 Å². The van der Waals surface area contributed by atoms with Crippen LogP contribution in [-0.4, -0.2) is 12.6 Å². The number of carbonyl (C=O) groups is 1. The Morgan fingerprint density at radius 3 is 2.81 bits per heavy atom. The number of nitrogens with one attached hydrogen (secondary N) is 2. The van der Waals surface area contributed by atoms with E-state index in [1.54, 1.807) is 0 Å². The normalized spacial score (nSPS) is 11.3. The van der Waals surface area contributed by atoms with E-state index in [1.807, 2.05) is 38.1 Å². The van der Waals surface area contributed by atoms with Gasteiger partial charge in [-0.15, -0.1) is 6.42 Å². The number of rotatable bonds is 3. The van der Waals surface area contributed by atoms with E-state index in [4.69, 9.17) is 6.42 Å². The van der Waals surface area contributed by atoms with Gasteiger partial charge < -0.3 is 10.6 Å². The molecule has 0 bridgehead atoms. The molecule has 0 radical (unpaired) electrons. The Labute approximate surface area is 96.2 Å². The predicted molar refractivity (Wildman–Crippen MR) is 65.0 cm³/mol. The fourth-order valence-electron chi connectivity index (χ4n) is 1.53. The van der Waals surface area contributed by atoms with E-state index in [1.165, 1.54) is 0 Å². The minimum atomic E-state index is -0.242. The van der Waals surface area contributed by atoms with Crippen LogP contribution in [0.5, 0.6) is 0 Å². The second-order valence-corrected chi connectivity index (χ2v) is 3.61. The average Bonchev–Trinajstić information content (AvgIpc) is 2.26. The fourth-order valence-corrected chi connectivity index (χ4v) is 1.53. The molecule has 2 N–H and O–H groups in total. The molecule has 0 unspecified atom stereocenters. The van der Waals surface area contributed by atoms with Crippen molar-refractivity contribution in [1.29, 1.82) is 0 Å². The Morgan fingerprint density at radius 2 is 2.19 bits per heavy atom. The molecule has 0 aromatic heterocycles. The zero-order valence-corrected chi connectivity index (χ0v) is 9.58. The molecular formula is C13H16N2O. The first kappa shape index (κ1) is 12.1. The molecule has 1 atom stereocenters. The predicted octanol–water partition coefficient (Wildman–Crippen LogP) is 1.99. The molecule has 3 heteroatoms. The van der Waals surface area contributed by atoms with Crippen LogP contribution >= 0.6 is 0 Å². The zero-order chi connectivity index (χ0) is 12.0. The summed E-state index contributed by atoms with van der Waals surface area (Å²) < 4.78 is 0. The lowest BCUT2D eigenvalue weighted by atomic mass is 10.0. The van der Waals surface area contributed by atoms with Crippen LogP contribution in [-0.2, 0) is 0 Å². The van der Waals surface area contributed by atoms with Gasteiger partial charge in [-0.1, -0.05) is 30.2 Å². The summed E-state index contributed by atoms with van der Waals surface area (Å²) in [5.74, 6) is 2.35. The van der Waals surface area contributed by atoms with Crippen LogP contribution in [0.15, 0.2) is 24.3 Å². The zero-order valence-electron chi connectivity index (χ0n) is 9.58. The fraction of sp³-hybridized carbons (Fsp3) is 0.308. The third kappa shape index (κ3) is 3.32. The van der Waals surface area contributed by atoms with E-state index in [0.29, 0.717) is 0 Å². The van der Waals surface area contributed by atoms with Crippen LogP contribution in [0.25, 0.3) is 0 Å². The van der Waals surface area contributed by atoms with Crippen molar-refractivity contribution in [2.24, 2.45) is 0 Å². The van der Waals surface area contributed by atoms with Gasteiger partial charge in [0, 0.05) is 0 Å². The molecule has 84 valence electrons. The topological polar surface area (TPSA) is 41.1 Å². The Morgan fingerprint density at radius 1 is 1.50 bits per heavy atom. The van der Waals surface area contributed by atoms with Crippen LogP contribution in [0, 0.1) is 19.3 Å². The molecule has 1 aromatic rings. The molecule has 0 fully saturated rings. The van der Waals surface area contributed by atoms with Crippen LogP contribution < -0.4 is 10.6 Å². The second-order valence-electron chi connectivity index (χ2n) is 3.61. The molecular weight excluding hydrogens is 200 g/mol. The van der Waals surface area contributed by atoms with Crippen molar-refractivity contribution >= 4 is 6.03 Å². The average molecular weight is 216 g/mol. The summed E-state index contributed by atoms with van der Waals surface area (Å²) in [5.41, 5.74) is 2.27. The van der Waals surface area contributed by atoms with Crippen molar-refractivity contribution < 1.29 is 4.79 Å². The van der Waals surface area contributed by atoms with Gasteiger partial charge in [0.15, 0.2) is 0 Å². The lowest BCUT2D eigenvalue weighted by Crippen LogP contribution is -2.37. The molecule has 0 aliphatic rings. The quantitative estimate of drug-likeness (QED) is 0.745. The van der Waals surface area contributed by atoms with Gasteiger partial charge in [0.2, 0.25) is 0 Å². The van der Waals surface area contributed by atoms with Gasteiger partial charge in [0.05, 0.1) is 12.6 Å². The van der Waals surface area contributed by atoms with Crippen LogP contribution in [0.3, 0.4) is 0 Å². The van der Waals surface area contributed by atoms with Gasteiger partial charge in [-0.2, -0.15) is 0 Å². The molecule has 1 aromatic carbocycles. The maximum absolute atomic E-state index is 11.4. The van der Waals surface area contributed by atoms with E-state index in [2.05, 4.69) is 16.6 Å². The Hall–Kier alpha value is -1.95. The highest BCUT2D eigenvalue weighted by Gasteiger charge is 2.09. The molecule has 0 spiro atoms. The van der Waals surface area contributed by atoms with Crippen LogP contribution in [0.4, 0.5) is 4.79 Å². The van der Waals surface area contributed by atoms with Gasteiger partial charge in [0.25, 0.3) is 0 Å². The number of urea groups is 1. The van der Waals surface area contributed by atoms with Gasteiger partial charge >= 0.3 is 6.03 Å². The van der Waals surface area contributed by atoms with Crippen molar-refractivity contribution in [3.8, 4) is 12.3 Å². The molecule has 0 saturated carbocycles. The molecule has 3 nitrogen and oxygen atoms in total. The maximum atomic E-state index is 11.4. The third-order valence-electron chi connectivity index (χ3n) is 2.35. The van der Waals surface area contributed by atoms with Crippen LogP contribution in [0.2, 0.25) is 0 Å². The first-order valence-corrected chi connectivity index (χ1v) is 5.18. The minimum Gasteiger partial charge on any atom is -0.332 e. The number of carbonyl (C=O) groups excluding carboxylic acids is 1. The molecule has 0 heterocycles. The Bertz CT molecular complexity index is 407. The Kier molecular flexibility index (Phi) is 4.41. The summed E-state index contributed by atoms with van der Waals surface area (Å²) in [7, 11) is 0.